The van der Waals surface area contributed by atoms with Gasteiger partial charge >= 0.3 is 0 Å². The Kier molecular flexibility index (Phi) is 4.42. The average molecular weight is 296 g/mol. The van der Waals surface area contributed by atoms with Crippen molar-refractivity contribution in [2.45, 2.75) is 0 Å². The molecule has 6 heteroatoms. The van der Waals surface area contributed by atoms with Gasteiger partial charge in [0.1, 0.15) is 5.75 Å². The fraction of sp³-hybridized carbons (Fsp3) is 0.0714. The van der Waals surface area contributed by atoms with E-state index >= 15 is 0 Å². The Balaban J connectivity index is 1.96. The van der Waals surface area contributed by atoms with Crippen molar-refractivity contribution in [3.63, 3.8) is 0 Å². The predicted octanol–water partition coefficient (Wildman–Crippen LogP) is 3.20. The Labute approximate surface area is 119 Å². The molecular weight excluding hydrogens is 285 g/mol. The van der Waals surface area contributed by atoms with E-state index in [2.05, 4.69) is 5.32 Å². The first-order valence-electron chi connectivity index (χ1n) is 5.72. The number of anilines is 1. The molecular formula is C14H11ClFNO3. The topological polar surface area (TPSA) is 58.6 Å². The number of aromatic hydroxyl groups is 1. The van der Waals surface area contributed by atoms with Crippen LogP contribution in [0.4, 0.5) is 10.1 Å². The van der Waals surface area contributed by atoms with Gasteiger partial charge in [-0.05, 0) is 30.3 Å². The summed E-state index contributed by atoms with van der Waals surface area (Å²) < 4.78 is 18.3. The van der Waals surface area contributed by atoms with E-state index < -0.39 is 11.7 Å². The van der Waals surface area contributed by atoms with E-state index in [9.17, 15) is 14.3 Å². The molecule has 0 aliphatic carbocycles. The summed E-state index contributed by atoms with van der Waals surface area (Å²) in [5, 5.41) is 12.3. The van der Waals surface area contributed by atoms with Crippen LogP contribution in [0.3, 0.4) is 0 Å². The van der Waals surface area contributed by atoms with Gasteiger partial charge in [0, 0.05) is 5.02 Å². The zero-order chi connectivity index (χ0) is 14.5. The van der Waals surface area contributed by atoms with E-state index in [4.69, 9.17) is 16.3 Å². The lowest BCUT2D eigenvalue weighted by atomic mass is 10.3. The Morgan fingerprint density at radius 3 is 2.80 bits per heavy atom. The number of halogens is 2. The van der Waals surface area contributed by atoms with Crippen molar-refractivity contribution >= 4 is 23.2 Å². The molecule has 20 heavy (non-hydrogen) atoms. The number of phenols is 1. The molecule has 0 bridgehead atoms. The van der Waals surface area contributed by atoms with Crippen molar-refractivity contribution in [2.75, 3.05) is 11.9 Å². The van der Waals surface area contributed by atoms with Crippen molar-refractivity contribution in [1.29, 1.82) is 0 Å². The average Bonchev–Trinajstić information content (AvgIpc) is 2.42. The van der Waals surface area contributed by atoms with Gasteiger partial charge in [-0.3, -0.25) is 4.79 Å². The molecule has 2 aromatic rings. The highest BCUT2D eigenvalue weighted by atomic mass is 35.5. The van der Waals surface area contributed by atoms with Gasteiger partial charge < -0.3 is 15.2 Å². The summed E-state index contributed by atoms with van der Waals surface area (Å²) in [6, 6.07) is 10.0. The van der Waals surface area contributed by atoms with E-state index in [0.29, 0.717) is 5.02 Å². The highest BCUT2D eigenvalue weighted by molar-refractivity contribution is 6.31. The second-order valence-corrected chi connectivity index (χ2v) is 4.37. The molecule has 0 aromatic heterocycles. The monoisotopic (exact) mass is 295 g/mol. The number of rotatable bonds is 4. The summed E-state index contributed by atoms with van der Waals surface area (Å²) in [5.74, 6) is -1.22. The van der Waals surface area contributed by atoms with E-state index in [-0.39, 0.29) is 23.8 Å². The summed E-state index contributed by atoms with van der Waals surface area (Å²) in [6.45, 7) is -0.382. The van der Waals surface area contributed by atoms with Gasteiger partial charge in [0.15, 0.2) is 18.2 Å². The summed E-state index contributed by atoms with van der Waals surface area (Å²) in [5.41, 5.74) is 0.166. The smallest absolute Gasteiger partial charge is 0.262 e. The molecule has 0 radical (unpaired) electrons. The minimum absolute atomic E-state index is 0.0158. The summed E-state index contributed by atoms with van der Waals surface area (Å²) in [6.07, 6.45) is 0. The van der Waals surface area contributed by atoms with Crippen LogP contribution in [-0.2, 0) is 4.79 Å². The lowest BCUT2D eigenvalue weighted by molar-refractivity contribution is -0.118. The second-order valence-electron chi connectivity index (χ2n) is 3.93. The fourth-order valence-electron chi connectivity index (χ4n) is 1.50. The van der Waals surface area contributed by atoms with Gasteiger partial charge in [-0.1, -0.05) is 23.7 Å². The molecule has 104 valence electrons. The number of hydrogen-bond donors (Lipinski definition) is 2. The fourth-order valence-corrected chi connectivity index (χ4v) is 1.67. The third-order valence-electron chi connectivity index (χ3n) is 2.43. The van der Waals surface area contributed by atoms with Crippen LogP contribution in [0.2, 0.25) is 5.02 Å². The number of para-hydroxylation sites is 1. The molecule has 0 atom stereocenters. The molecule has 4 nitrogen and oxygen atoms in total. The molecule has 0 unspecified atom stereocenters. The third-order valence-corrected chi connectivity index (χ3v) is 2.66. The lowest BCUT2D eigenvalue weighted by Gasteiger charge is -2.09. The number of carbonyl (C=O) groups is 1. The zero-order valence-corrected chi connectivity index (χ0v) is 11.0. The Morgan fingerprint density at radius 1 is 1.30 bits per heavy atom. The van der Waals surface area contributed by atoms with Gasteiger partial charge in [-0.25, -0.2) is 4.39 Å². The molecule has 0 saturated heterocycles. The number of phenolic OH excluding ortho intramolecular Hbond substituents is 1. The summed E-state index contributed by atoms with van der Waals surface area (Å²) in [7, 11) is 0. The number of hydrogen-bond acceptors (Lipinski definition) is 3. The maximum absolute atomic E-state index is 13.3. The second kappa shape index (κ2) is 6.25. The van der Waals surface area contributed by atoms with Crippen LogP contribution in [0.1, 0.15) is 0 Å². The van der Waals surface area contributed by atoms with Crippen LogP contribution in [0.25, 0.3) is 0 Å². The Hall–Kier alpha value is -2.27. The van der Waals surface area contributed by atoms with Crippen molar-refractivity contribution in [3.05, 3.63) is 53.3 Å². The summed E-state index contributed by atoms with van der Waals surface area (Å²) in [4.78, 5) is 11.6. The van der Waals surface area contributed by atoms with E-state index in [0.717, 1.165) is 0 Å². The van der Waals surface area contributed by atoms with Gasteiger partial charge in [0.2, 0.25) is 0 Å². The Morgan fingerprint density at radius 2 is 2.05 bits per heavy atom. The highest BCUT2D eigenvalue weighted by Gasteiger charge is 2.09. The predicted molar refractivity (Wildman–Crippen MR) is 73.6 cm³/mol. The zero-order valence-electron chi connectivity index (χ0n) is 10.3. The first kappa shape index (κ1) is 14.1. The first-order valence-corrected chi connectivity index (χ1v) is 6.10. The normalized spacial score (nSPS) is 10.1. The molecule has 1 amide bonds. The van der Waals surface area contributed by atoms with Crippen molar-refractivity contribution < 1.29 is 19.0 Å². The van der Waals surface area contributed by atoms with Crippen molar-refractivity contribution in [1.82, 2.24) is 0 Å². The first-order chi connectivity index (χ1) is 9.56. The SMILES string of the molecule is O=C(COc1ccccc1F)Nc1cc(Cl)ccc1O. The Bertz CT molecular complexity index is 634. The summed E-state index contributed by atoms with van der Waals surface area (Å²) >= 11 is 5.75. The van der Waals surface area contributed by atoms with Crippen LogP contribution in [0.15, 0.2) is 42.5 Å². The molecule has 2 aromatic carbocycles. The minimum atomic E-state index is -0.550. The minimum Gasteiger partial charge on any atom is -0.506 e. The van der Waals surface area contributed by atoms with E-state index in [1.165, 1.54) is 36.4 Å². The molecule has 2 rings (SSSR count). The molecule has 0 spiro atoms. The van der Waals surface area contributed by atoms with Gasteiger partial charge in [-0.15, -0.1) is 0 Å². The largest absolute Gasteiger partial charge is 0.506 e. The maximum atomic E-state index is 13.3. The standard InChI is InChI=1S/C14H11ClFNO3/c15-9-5-6-12(18)11(7-9)17-14(19)8-20-13-4-2-1-3-10(13)16/h1-7,18H,8H2,(H,17,19). The van der Waals surface area contributed by atoms with Crippen LogP contribution in [0, 0.1) is 5.82 Å². The van der Waals surface area contributed by atoms with Gasteiger partial charge in [0.25, 0.3) is 5.91 Å². The lowest BCUT2D eigenvalue weighted by Crippen LogP contribution is -2.20. The number of ether oxygens (including phenoxy) is 1. The van der Waals surface area contributed by atoms with Crippen molar-refractivity contribution in [3.8, 4) is 11.5 Å². The third kappa shape index (κ3) is 3.61. The van der Waals surface area contributed by atoms with Crippen LogP contribution < -0.4 is 10.1 Å². The number of benzene rings is 2. The molecule has 0 aliphatic heterocycles. The van der Waals surface area contributed by atoms with Crippen LogP contribution in [0.5, 0.6) is 11.5 Å². The van der Waals surface area contributed by atoms with Crippen molar-refractivity contribution in [2.24, 2.45) is 0 Å². The van der Waals surface area contributed by atoms with Crippen LogP contribution in [-0.4, -0.2) is 17.6 Å². The van der Waals surface area contributed by atoms with E-state index in [1.54, 1.807) is 6.07 Å². The van der Waals surface area contributed by atoms with Crippen LogP contribution >= 0.6 is 11.6 Å². The molecule has 0 saturated carbocycles. The molecule has 0 aliphatic rings. The van der Waals surface area contributed by atoms with E-state index in [1.807, 2.05) is 0 Å². The quantitative estimate of drug-likeness (QED) is 0.852. The number of amides is 1. The molecule has 2 N–H and O–H groups in total. The highest BCUT2D eigenvalue weighted by Crippen LogP contribution is 2.26. The molecule has 0 fully saturated rings. The van der Waals surface area contributed by atoms with Gasteiger partial charge in [0.05, 0.1) is 5.69 Å². The number of carbonyl (C=O) groups excluding carboxylic acids is 1. The molecule has 0 heterocycles. The number of nitrogens with one attached hydrogen (secondary N) is 1. The maximum Gasteiger partial charge on any atom is 0.262 e. The van der Waals surface area contributed by atoms with Gasteiger partial charge in [-0.2, -0.15) is 0 Å².